The molecule has 3 N–H and O–H groups in total. The van der Waals surface area contributed by atoms with E-state index in [1.807, 2.05) is 0 Å². The molecule has 0 radical (unpaired) electrons. The molecule has 1 saturated heterocycles. The minimum absolute atomic E-state index is 0. The molecule has 2 rings (SSSR count). The first kappa shape index (κ1) is 13.3. The molecule has 0 aliphatic carbocycles. The molecule has 0 unspecified atom stereocenters. The molecule has 1 aromatic carbocycles. The molecule has 3 nitrogen and oxygen atoms in total. The molecule has 1 fully saturated rings. The molecule has 16 heavy (non-hydrogen) atoms. The zero-order valence-electron chi connectivity index (χ0n) is 9.96. The quantitative estimate of drug-likeness (QED) is 0.826. The first-order chi connectivity index (χ1) is 7.07. The van der Waals surface area contributed by atoms with Crippen LogP contribution in [0.5, 0.6) is 5.75 Å². The Morgan fingerprint density at radius 1 is 1.25 bits per heavy atom. The zero-order chi connectivity index (χ0) is 11.1. The number of halogens is 1. The van der Waals surface area contributed by atoms with Gasteiger partial charge in [0.2, 0.25) is 0 Å². The average Bonchev–Trinajstić information content (AvgIpc) is 2.13. The summed E-state index contributed by atoms with van der Waals surface area (Å²) in [6, 6.07) is 4.10. The molecule has 90 valence electrons. The number of benzene rings is 1. The van der Waals surface area contributed by atoms with Crippen molar-refractivity contribution in [2.75, 3.05) is 20.2 Å². The molecule has 4 heteroatoms. The maximum Gasteiger partial charge on any atom is 0.119 e. The molecule has 0 saturated carbocycles. The number of hydrogen-bond donors (Lipinski definition) is 2. The minimum Gasteiger partial charge on any atom is -0.497 e. The Balaban J connectivity index is 0.00000128. The summed E-state index contributed by atoms with van der Waals surface area (Å²) in [7, 11) is 1.69. The van der Waals surface area contributed by atoms with E-state index in [4.69, 9.17) is 10.5 Å². The summed E-state index contributed by atoms with van der Waals surface area (Å²) in [5, 5.41) is 3.23. The van der Waals surface area contributed by atoms with E-state index in [0.29, 0.717) is 0 Å². The summed E-state index contributed by atoms with van der Waals surface area (Å²) in [5.41, 5.74) is 9.84. The van der Waals surface area contributed by atoms with Crippen molar-refractivity contribution >= 4 is 12.4 Å². The summed E-state index contributed by atoms with van der Waals surface area (Å²) in [5.74, 6) is 0.907. The minimum atomic E-state index is -0.180. The van der Waals surface area contributed by atoms with E-state index in [1.54, 1.807) is 7.11 Å². The molecule has 1 aromatic rings. The van der Waals surface area contributed by atoms with Gasteiger partial charge in [0.25, 0.3) is 0 Å². The lowest BCUT2D eigenvalue weighted by molar-refractivity contribution is 0.284. The predicted octanol–water partition coefficient (Wildman–Crippen LogP) is 1.49. The number of nitrogens with one attached hydrogen (secondary N) is 1. The van der Waals surface area contributed by atoms with Gasteiger partial charge in [0.05, 0.1) is 12.6 Å². The molecule has 0 spiro atoms. The molecule has 0 atom stereocenters. The monoisotopic (exact) mass is 242 g/mol. The summed E-state index contributed by atoms with van der Waals surface area (Å²) < 4.78 is 5.24. The third-order valence-electron chi connectivity index (χ3n) is 3.12. The zero-order valence-corrected chi connectivity index (χ0v) is 10.8. The van der Waals surface area contributed by atoms with Crippen molar-refractivity contribution in [3.8, 4) is 5.75 Å². The second-order valence-electron chi connectivity index (χ2n) is 4.40. The molecule has 1 heterocycles. The standard InChI is InChI=1S/C12H18N2O.ClH/c1-8-4-10(15-3)5-9(2)11(8)12(13)6-14-7-12;/h4-5,14H,6-7,13H2,1-3H3;1H. The van der Waals surface area contributed by atoms with Crippen molar-refractivity contribution < 1.29 is 4.74 Å². The summed E-state index contributed by atoms with van der Waals surface area (Å²) in [6.07, 6.45) is 0. The average molecular weight is 243 g/mol. The molecule has 0 aromatic heterocycles. The molecule has 1 aliphatic heterocycles. The molecule has 0 bridgehead atoms. The van der Waals surface area contributed by atoms with Crippen LogP contribution in [0.15, 0.2) is 12.1 Å². The van der Waals surface area contributed by atoms with E-state index in [2.05, 4.69) is 31.3 Å². The van der Waals surface area contributed by atoms with Gasteiger partial charge >= 0.3 is 0 Å². The lowest BCUT2D eigenvalue weighted by Gasteiger charge is -2.41. The fourth-order valence-corrected chi connectivity index (χ4v) is 2.40. The van der Waals surface area contributed by atoms with Crippen LogP contribution in [-0.2, 0) is 5.54 Å². The number of nitrogens with two attached hydrogens (primary N) is 1. The first-order valence-electron chi connectivity index (χ1n) is 5.22. The highest BCUT2D eigenvalue weighted by atomic mass is 35.5. The van der Waals surface area contributed by atoms with E-state index < -0.39 is 0 Å². The fraction of sp³-hybridized carbons (Fsp3) is 0.500. The van der Waals surface area contributed by atoms with Gasteiger partial charge in [-0.3, -0.25) is 0 Å². The van der Waals surface area contributed by atoms with Crippen LogP contribution < -0.4 is 15.8 Å². The van der Waals surface area contributed by atoms with Crippen LogP contribution in [-0.4, -0.2) is 20.2 Å². The van der Waals surface area contributed by atoms with Gasteiger partial charge in [0.1, 0.15) is 5.75 Å². The van der Waals surface area contributed by atoms with Crippen LogP contribution in [0.1, 0.15) is 16.7 Å². The van der Waals surface area contributed by atoms with Crippen molar-refractivity contribution in [3.63, 3.8) is 0 Å². The van der Waals surface area contributed by atoms with Crippen molar-refractivity contribution in [1.29, 1.82) is 0 Å². The predicted molar refractivity (Wildman–Crippen MR) is 68.5 cm³/mol. The summed E-state index contributed by atoms with van der Waals surface area (Å²) in [4.78, 5) is 0. The lowest BCUT2D eigenvalue weighted by Crippen LogP contribution is -2.63. The maximum atomic E-state index is 6.31. The van der Waals surface area contributed by atoms with Gasteiger partial charge in [0, 0.05) is 13.1 Å². The molecule has 1 aliphatic rings. The largest absolute Gasteiger partial charge is 0.497 e. The topological polar surface area (TPSA) is 47.3 Å². The third kappa shape index (κ3) is 2.03. The van der Waals surface area contributed by atoms with E-state index in [-0.39, 0.29) is 17.9 Å². The van der Waals surface area contributed by atoms with Crippen LogP contribution in [0.4, 0.5) is 0 Å². The van der Waals surface area contributed by atoms with Crippen molar-refractivity contribution in [2.45, 2.75) is 19.4 Å². The van der Waals surface area contributed by atoms with Gasteiger partial charge in [0.15, 0.2) is 0 Å². The molecular weight excluding hydrogens is 224 g/mol. The van der Waals surface area contributed by atoms with Crippen LogP contribution in [0.2, 0.25) is 0 Å². The highest BCUT2D eigenvalue weighted by Crippen LogP contribution is 2.31. The fourth-order valence-electron chi connectivity index (χ4n) is 2.40. The Morgan fingerprint density at radius 3 is 2.06 bits per heavy atom. The number of ether oxygens (including phenoxy) is 1. The Morgan fingerprint density at radius 2 is 1.75 bits per heavy atom. The van der Waals surface area contributed by atoms with Gasteiger partial charge < -0.3 is 15.8 Å². The van der Waals surface area contributed by atoms with Crippen LogP contribution >= 0.6 is 12.4 Å². The second kappa shape index (κ2) is 4.62. The normalized spacial score (nSPS) is 17.2. The van der Waals surface area contributed by atoms with Gasteiger partial charge in [-0.05, 0) is 42.7 Å². The summed E-state index contributed by atoms with van der Waals surface area (Å²) in [6.45, 7) is 5.91. The number of rotatable bonds is 2. The van der Waals surface area contributed by atoms with Crippen LogP contribution in [0.3, 0.4) is 0 Å². The van der Waals surface area contributed by atoms with Gasteiger partial charge in [-0.2, -0.15) is 0 Å². The number of hydrogen-bond acceptors (Lipinski definition) is 3. The number of methoxy groups -OCH3 is 1. The molecule has 0 amide bonds. The highest BCUT2D eigenvalue weighted by Gasteiger charge is 2.36. The first-order valence-corrected chi connectivity index (χ1v) is 5.22. The Bertz CT molecular complexity index is 366. The Hall–Kier alpha value is -0.770. The smallest absolute Gasteiger partial charge is 0.119 e. The lowest BCUT2D eigenvalue weighted by atomic mass is 9.80. The van der Waals surface area contributed by atoms with Crippen molar-refractivity contribution in [2.24, 2.45) is 5.73 Å². The van der Waals surface area contributed by atoms with E-state index in [0.717, 1.165) is 18.8 Å². The maximum absolute atomic E-state index is 6.31. The highest BCUT2D eigenvalue weighted by molar-refractivity contribution is 5.85. The third-order valence-corrected chi connectivity index (χ3v) is 3.12. The van der Waals surface area contributed by atoms with Crippen LogP contribution in [0.25, 0.3) is 0 Å². The SMILES string of the molecule is COc1cc(C)c(C2(N)CNC2)c(C)c1.Cl. The molecular formula is C12H19ClN2O. The Labute approximate surface area is 103 Å². The van der Waals surface area contributed by atoms with Crippen molar-refractivity contribution in [1.82, 2.24) is 5.32 Å². The Kier molecular flexibility index (Phi) is 3.84. The van der Waals surface area contributed by atoms with Gasteiger partial charge in [-0.15, -0.1) is 12.4 Å². The van der Waals surface area contributed by atoms with E-state index >= 15 is 0 Å². The van der Waals surface area contributed by atoms with Crippen LogP contribution in [0, 0.1) is 13.8 Å². The number of aryl methyl sites for hydroxylation is 2. The second-order valence-corrected chi connectivity index (χ2v) is 4.40. The van der Waals surface area contributed by atoms with Gasteiger partial charge in [-0.1, -0.05) is 0 Å². The van der Waals surface area contributed by atoms with Gasteiger partial charge in [-0.25, -0.2) is 0 Å². The summed E-state index contributed by atoms with van der Waals surface area (Å²) >= 11 is 0. The van der Waals surface area contributed by atoms with E-state index in [1.165, 1.54) is 16.7 Å². The van der Waals surface area contributed by atoms with E-state index in [9.17, 15) is 0 Å². The van der Waals surface area contributed by atoms with Crippen molar-refractivity contribution in [3.05, 3.63) is 28.8 Å².